The molecule has 10 nitrogen and oxygen atoms in total. The molecular weight excluding hydrogens is 466 g/mol. The number of carbonyl (C=O) groups is 2. The van der Waals surface area contributed by atoms with Gasteiger partial charge in [0.05, 0.1) is 4.92 Å². The fourth-order valence-electron chi connectivity index (χ4n) is 3.76. The lowest BCUT2D eigenvalue weighted by Crippen LogP contribution is -2.45. The maximum Gasteiger partial charge on any atom is 0.414 e. The van der Waals surface area contributed by atoms with E-state index >= 15 is 0 Å². The molecule has 1 fully saturated rings. The highest BCUT2D eigenvalue weighted by Gasteiger charge is 2.20. The van der Waals surface area contributed by atoms with Crippen molar-refractivity contribution in [1.29, 1.82) is 0 Å². The number of nitro groups is 1. The summed E-state index contributed by atoms with van der Waals surface area (Å²) in [7, 11) is 0. The number of ether oxygens (including phenoxy) is 1. The van der Waals surface area contributed by atoms with Crippen molar-refractivity contribution in [2.45, 2.75) is 13.1 Å². The molecule has 2 N–H and O–H groups in total. The predicted octanol–water partition coefficient (Wildman–Crippen LogP) is 3.86. The SMILES string of the molecule is O=C(O)C(=O)O.O=[N+]([O-])c1ccccc1CN1CCN(Cc2cccc(Oc3ccccc3)c2)CC1. The van der Waals surface area contributed by atoms with Gasteiger partial charge in [-0.1, -0.05) is 48.5 Å². The van der Waals surface area contributed by atoms with Gasteiger partial charge < -0.3 is 14.9 Å². The summed E-state index contributed by atoms with van der Waals surface area (Å²) >= 11 is 0. The van der Waals surface area contributed by atoms with Crippen LogP contribution in [0, 0.1) is 10.1 Å². The van der Waals surface area contributed by atoms with Crippen molar-refractivity contribution in [3.63, 3.8) is 0 Å². The van der Waals surface area contributed by atoms with E-state index in [1.807, 2.05) is 54.6 Å². The molecule has 0 radical (unpaired) electrons. The Morgan fingerprint density at radius 1 is 0.778 bits per heavy atom. The van der Waals surface area contributed by atoms with E-state index in [0.717, 1.165) is 49.8 Å². The number of para-hydroxylation sites is 2. The van der Waals surface area contributed by atoms with E-state index in [9.17, 15) is 10.1 Å². The number of piperazine rings is 1. The van der Waals surface area contributed by atoms with Gasteiger partial charge >= 0.3 is 11.9 Å². The summed E-state index contributed by atoms with van der Waals surface area (Å²) < 4.78 is 5.94. The second kappa shape index (κ2) is 13.0. The number of carboxylic acid groups (broad SMARTS) is 2. The van der Waals surface area contributed by atoms with Crippen LogP contribution < -0.4 is 4.74 Å². The molecular formula is C26H27N3O7. The fourth-order valence-corrected chi connectivity index (χ4v) is 3.76. The standard InChI is InChI=1S/C24H25N3O3.C2H2O4/c28-27(29)24-12-5-4-8-21(24)19-26-15-13-25(14-16-26)18-20-7-6-11-23(17-20)30-22-9-2-1-3-10-22;3-1(4)2(5)6/h1-12,17H,13-16,18-19H2;(H,3,4)(H,5,6). The number of aliphatic carboxylic acids is 2. The Hall–Kier alpha value is -4.28. The third kappa shape index (κ3) is 8.19. The lowest BCUT2D eigenvalue weighted by Gasteiger charge is -2.34. The maximum absolute atomic E-state index is 11.2. The summed E-state index contributed by atoms with van der Waals surface area (Å²) in [5.41, 5.74) is 2.20. The summed E-state index contributed by atoms with van der Waals surface area (Å²) in [6, 6.07) is 25.0. The Morgan fingerprint density at radius 2 is 1.33 bits per heavy atom. The molecule has 0 atom stereocenters. The van der Waals surface area contributed by atoms with Gasteiger partial charge in [0.25, 0.3) is 5.69 Å². The Kier molecular flexibility index (Phi) is 9.49. The highest BCUT2D eigenvalue weighted by molar-refractivity contribution is 6.27. The number of carboxylic acids is 2. The van der Waals surface area contributed by atoms with Crippen LogP contribution in [0.2, 0.25) is 0 Å². The molecule has 3 aromatic carbocycles. The van der Waals surface area contributed by atoms with Crippen molar-refractivity contribution in [2.24, 2.45) is 0 Å². The number of nitrogens with zero attached hydrogens (tertiary/aromatic N) is 3. The van der Waals surface area contributed by atoms with E-state index in [-0.39, 0.29) is 10.6 Å². The molecule has 1 aliphatic heterocycles. The van der Waals surface area contributed by atoms with Gasteiger partial charge in [-0.05, 0) is 29.8 Å². The molecule has 3 aromatic rings. The lowest BCUT2D eigenvalue weighted by atomic mass is 10.1. The summed E-state index contributed by atoms with van der Waals surface area (Å²) in [5, 5.41) is 26.0. The zero-order valence-corrected chi connectivity index (χ0v) is 19.5. The van der Waals surface area contributed by atoms with Crippen LogP contribution in [0.5, 0.6) is 11.5 Å². The number of rotatable bonds is 7. The first-order valence-electron chi connectivity index (χ1n) is 11.3. The number of benzene rings is 3. The third-order valence-corrected chi connectivity index (χ3v) is 5.51. The molecule has 0 aliphatic carbocycles. The Balaban J connectivity index is 0.000000538. The topological polar surface area (TPSA) is 133 Å². The normalized spacial score (nSPS) is 13.8. The third-order valence-electron chi connectivity index (χ3n) is 5.51. The number of hydrogen-bond donors (Lipinski definition) is 2. The maximum atomic E-state index is 11.2. The molecule has 1 heterocycles. The minimum absolute atomic E-state index is 0.204. The number of hydrogen-bond acceptors (Lipinski definition) is 7. The monoisotopic (exact) mass is 493 g/mol. The van der Waals surface area contributed by atoms with Crippen molar-refractivity contribution in [3.8, 4) is 11.5 Å². The zero-order valence-electron chi connectivity index (χ0n) is 19.5. The van der Waals surface area contributed by atoms with Gasteiger partial charge in [-0.25, -0.2) is 9.59 Å². The first kappa shape index (κ1) is 26.3. The van der Waals surface area contributed by atoms with Crippen LogP contribution in [-0.2, 0) is 22.7 Å². The van der Waals surface area contributed by atoms with E-state index in [1.54, 1.807) is 12.1 Å². The summed E-state index contributed by atoms with van der Waals surface area (Å²) in [4.78, 5) is 33.8. The molecule has 4 rings (SSSR count). The molecule has 36 heavy (non-hydrogen) atoms. The quantitative estimate of drug-likeness (QED) is 0.286. The summed E-state index contributed by atoms with van der Waals surface area (Å²) in [5.74, 6) is -1.98. The van der Waals surface area contributed by atoms with E-state index in [0.29, 0.717) is 6.54 Å². The first-order chi connectivity index (χ1) is 17.3. The molecule has 1 saturated heterocycles. The predicted molar refractivity (Wildman–Crippen MR) is 132 cm³/mol. The second-order valence-corrected chi connectivity index (χ2v) is 8.11. The smallest absolute Gasteiger partial charge is 0.414 e. The summed E-state index contributed by atoms with van der Waals surface area (Å²) in [6.07, 6.45) is 0. The fraction of sp³-hybridized carbons (Fsp3) is 0.231. The van der Waals surface area contributed by atoms with Crippen molar-refractivity contribution in [3.05, 3.63) is 100 Å². The Bertz CT molecular complexity index is 1170. The number of nitro benzene ring substituents is 1. The molecule has 1 aliphatic rings. The van der Waals surface area contributed by atoms with E-state index in [2.05, 4.69) is 21.9 Å². The molecule has 0 saturated carbocycles. The van der Waals surface area contributed by atoms with Crippen LogP contribution in [-0.4, -0.2) is 63.1 Å². The van der Waals surface area contributed by atoms with Gasteiger partial charge in [0.1, 0.15) is 11.5 Å². The van der Waals surface area contributed by atoms with Crippen LogP contribution in [0.15, 0.2) is 78.9 Å². The van der Waals surface area contributed by atoms with Crippen molar-refractivity contribution < 1.29 is 29.5 Å². The van der Waals surface area contributed by atoms with Gasteiger partial charge in [0.2, 0.25) is 0 Å². The van der Waals surface area contributed by atoms with Crippen LogP contribution in [0.3, 0.4) is 0 Å². The molecule has 10 heteroatoms. The van der Waals surface area contributed by atoms with Gasteiger partial charge in [-0.3, -0.25) is 19.9 Å². The molecule has 0 bridgehead atoms. The zero-order chi connectivity index (χ0) is 25.9. The molecule has 0 unspecified atom stereocenters. The molecule has 0 spiro atoms. The minimum atomic E-state index is -1.82. The lowest BCUT2D eigenvalue weighted by molar-refractivity contribution is -0.385. The largest absolute Gasteiger partial charge is 0.473 e. The van der Waals surface area contributed by atoms with Crippen LogP contribution in [0.1, 0.15) is 11.1 Å². The van der Waals surface area contributed by atoms with E-state index in [4.69, 9.17) is 24.5 Å². The van der Waals surface area contributed by atoms with Gasteiger partial charge in [0.15, 0.2) is 0 Å². The Labute approximate surface area is 208 Å². The van der Waals surface area contributed by atoms with Crippen molar-refractivity contribution in [1.82, 2.24) is 9.80 Å². The molecule has 0 aromatic heterocycles. The average Bonchev–Trinajstić information content (AvgIpc) is 2.87. The van der Waals surface area contributed by atoms with Crippen LogP contribution in [0.4, 0.5) is 5.69 Å². The second-order valence-electron chi connectivity index (χ2n) is 8.11. The molecule has 0 amide bonds. The first-order valence-corrected chi connectivity index (χ1v) is 11.3. The van der Waals surface area contributed by atoms with Gasteiger partial charge in [-0.2, -0.15) is 0 Å². The van der Waals surface area contributed by atoms with Gasteiger partial charge in [-0.15, -0.1) is 0 Å². The Morgan fingerprint density at radius 3 is 1.94 bits per heavy atom. The van der Waals surface area contributed by atoms with Crippen molar-refractivity contribution >= 4 is 17.6 Å². The highest BCUT2D eigenvalue weighted by atomic mass is 16.6. The summed E-state index contributed by atoms with van der Waals surface area (Å²) in [6.45, 7) is 5.14. The molecule has 188 valence electrons. The van der Waals surface area contributed by atoms with E-state index < -0.39 is 11.9 Å². The highest BCUT2D eigenvalue weighted by Crippen LogP contribution is 2.23. The van der Waals surface area contributed by atoms with Crippen LogP contribution in [0.25, 0.3) is 0 Å². The van der Waals surface area contributed by atoms with Crippen LogP contribution >= 0.6 is 0 Å². The van der Waals surface area contributed by atoms with Crippen molar-refractivity contribution in [2.75, 3.05) is 26.2 Å². The average molecular weight is 494 g/mol. The van der Waals surface area contributed by atoms with Gasteiger partial charge in [0, 0.05) is 50.9 Å². The van der Waals surface area contributed by atoms with E-state index in [1.165, 1.54) is 5.56 Å². The minimum Gasteiger partial charge on any atom is -0.473 e.